The Bertz CT molecular complexity index is 928. The molecule has 12 heteroatoms. The summed E-state index contributed by atoms with van der Waals surface area (Å²) in [6, 6.07) is 5.41. The first-order valence-corrected chi connectivity index (χ1v) is 7.24. The number of anilines is 2. The number of rotatable bonds is 5. The van der Waals surface area contributed by atoms with E-state index in [0.717, 1.165) is 18.2 Å². The van der Waals surface area contributed by atoms with Crippen LogP contribution in [0.1, 0.15) is 16.1 Å². The molecular weight excluding hydrogens is 367 g/mol. The Kier molecular flexibility index (Phi) is 5.76. The number of amides is 2. The number of nitriles is 1. The molecule has 2 rings (SSSR count). The molecule has 0 unspecified atom stereocenters. The van der Waals surface area contributed by atoms with Crippen molar-refractivity contribution in [2.45, 2.75) is 6.18 Å². The van der Waals surface area contributed by atoms with Crippen LogP contribution in [0.2, 0.25) is 0 Å². The summed E-state index contributed by atoms with van der Waals surface area (Å²) in [5.74, 6) is -1.60. The summed E-state index contributed by atoms with van der Waals surface area (Å²) < 4.78 is 38.1. The number of nitrogens with one attached hydrogen (secondary N) is 4. The van der Waals surface area contributed by atoms with Crippen LogP contribution in [-0.4, -0.2) is 34.5 Å². The minimum Gasteiger partial charge on any atom is -0.354 e. The van der Waals surface area contributed by atoms with Gasteiger partial charge in [-0.25, -0.2) is 4.98 Å². The van der Waals surface area contributed by atoms with Crippen molar-refractivity contribution in [2.75, 3.05) is 17.8 Å². The molecule has 0 fully saturated rings. The summed E-state index contributed by atoms with van der Waals surface area (Å²) in [5, 5.41) is 17.1. The largest absolute Gasteiger partial charge is 0.416 e. The lowest BCUT2D eigenvalue weighted by molar-refractivity contribution is -0.137. The number of aromatic nitrogens is 2. The molecular formula is C15H12F3N7O2. The van der Waals surface area contributed by atoms with Gasteiger partial charge in [0.25, 0.3) is 11.8 Å². The van der Waals surface area contributed by atoms with Crippen LogP contribution in [0, 0.1) is 11.3 Å². The highest BCUT2D eigenvalue weighted by atomic mass is 19.4. The van der Waals surface area contributed by atoms with E-state index < -0.39 is 29.3 Å². The Balaban J connectivity index is 2.15. The van der Waals surface area contributed by atoms with E-state index in [9.17, 15) is 22.8 Å². The number of carbonyl (C=O) groups is 2. The molecule has 1 aromatic heterocycles. The average molecular weight is 379 g/mol. The Labute approximate surface area is 150 Å². The van der Waals surface area contributed by atoms with E-state index >= 15 is 0 Å². The van der Waals surface area contributed by atoms with Crippen molar-refractivity contribution >= 4 is 29.0 Å². The molecule has 27 heavy (non-hydrogen) atoms. The third-order valence-corrected chi connectivity index (χ3v) is 3.14. The van der Waals surface area contributed by atoms with Crippen LogP contribution in [0.3, 0.4) is 0 Å². The fourth-order valence-corrected chi connectivity index (χ4v) is 1.88. The molecule has 2 aromatic rings. The molecule has 140 valence electrons. The van der Waals surface area contributed by atoms with Crippen molar-refractivity contribution in [3.63, 3.8) is 0 Å². The maximum atomic E-state index is 12.7. The van der Waals surface area contributed by atoms with Crippen molar-refractivity contribution in [2.24, 2.45) is 5.10 Å². The van der Waals surface area contributed by atoms with Gasteiger partial charge in [0.1, 0.15) is 11.8 Å². The number of hydrazone groups is 1. The van der Waals surface area contributed by atoms with E-state index in [4.69, 9.17) is 5.26 Å². The van der Waals surface area contributed by atoms with Gasteiger partial charge in [0.2, 0.25) is 5.71 Å². The number of imidazole rings is 1. The SMILES string of the molecule is CNC(=O)c1[nH]cnc1N/N=C(\C#N)C(=O)Nc1cccc(C(F)(F)F)c1. The van der Waals surface area contributed by atoms with E-state index in [2.05, 4.69) is 31.1 Å². The summed E-state index contributed by atoms with van der Waals surface area (Å²) >= 11 is 0. The average Bonchev–Trinajstić information content (AvgIpc) is 3.09. The topological polar surface area (TPSA) is 135 Å². The molecule has 1 heterocycles. The van der Waals surface area contributed by atoms with Crippen LogP contribution >= 0.6 is 0 Å². The van der Waals surface area contributed by atoms with Gasteiger partial charge in [-0.3, -0.25) is 15.0 Å². The van der Waals surface area contributed by atoms with Gasteiger partial charge in [-0.1, -0.05) is 6.07 Å². The monoisotopic (exact) mass is 379 g/mol. The fraction of sp³-hybridized carbons (Fsp3) is 0.133. The fourth-order valence-electron chi connectivity index (χ4n) is 1.88. The first-order chi connectivity index (χ1) is 12.8. The molecule has 9 nitrogen and oxygen atoms in total. The Morgan fingerprint density at radius 2 is 2.07 bits per heavy atom. The van der Waals surface area contributed by atoms with Crippen molar-refractivity contribution in [3.05, 3.63) is 41.9 Å². The smallest absolute Gasteiger partial charge is 0.354 e. The Morgan fingerprint density at radius 3 is 2.70 bits per heavy atom. The van der Waals surface area contributed by atoms with E-state index in [1.807, 2.05) is 0 Å². The van der Waals surface area contributed by atoms with Crippen LogP contribution in [0.5, 0.6) is 0 Å². The molecule has 0 aliphatic rings. The lowest BCUT2D eigenvalue weighted by atomic mass is 10.2. The number of carbonyl (C=O) groups excluding carboxylic acids is 2. The van der Waals surface area contributed by atoms with Gasteiger partial charge >= 0.3 is 6.18 Å². The van der Waals surface area contributed by atoms with Gasteiger partial charge in [-0.2, -0.15) is 23.5 Å². The summed E-state index contributed by atoms with van der Waals surface area (Å²) in [6.07, 6.45) is -3.39. The molecule has 0 bridgehead atoms. The lowest BCUT2D eigenvalue weighted by Crippen LogP contribution is -2.23. The minimum absolute atomic E-state index is 0.0110. The number of hydrogen-bond acceptors (Lipinski definition) is 6. The number of nitrogens with zero attached hydrogens (tertiary/aromatic N) is 3. The summed E-state index contributed by atoms with van der Waals surface area (Å²) in [7, 11) is 1.39. The summed E-state index contributed by atoms with van der Waals surface area (Å²) in [5.41, 5.74) is 0.491. The first-order valence-electron chi connectivity index (χ1n) is 7.24. The standard InChI is InChI=1S/C15H12F3N7O2/c1-20-14(27)11-12(22-7-21-11)25-24-10(6-19)13(26)23-9-4-2-3-8(5-9)15(16,17)18/h2-5,7,25H,1H3,(H,20,27)(H,21,22)(H,23,26)/b24-10+. The van der Waals surface area contributed by atoms with Crippen LogP contribution in [0.15, 0.2) is 35.7 Å². The van der Waals surface area contributed by atoms with Crippen molar-refractivity contribution in [1.82, 2.24) is 15.3 Å². The number of H-pyrrole nitrogens is 1. The third kappa shape index (κ3) is 4.82. The highest BCUT2D eigenvalue weighted by Gasteiger charge is 2.30. The van der Waals surface area contributed by atoms with Gasteiger partial charge in [0, 0.05) is 12.7 Å². The van der Waals surface area contributed by atoms with Crippen molar-refractivity contribution in [1.29, 1.82) is 5.26 Å². The maximum absolute atomic E-state index is 12.7. The normalized spacial score (nSPS) is 11.4. The molecule has 0 aliphatic carbocycles. The zero-order valence-corrected chi connectivity index (χ0v) is 13.7. The molecule has 0 aliphatic heterocycles. The van der Waals surface area contributed by atoms with Gasteiger partial charge in [0.05, 0.1) is 11.9 Å². The highest BCUT2D eigenvalue weighted by molar-refractivity contribution is 6.48. The van der Waals surface area contributed by atoms with E-state index in [1.54, 1.807) is 0 Å². The van der Waals surface area contributed by atoms with Crippen LogP contribution in [0.4, 0.5) is 24.7 Å². The molecule has 0 saturated carbocycles. The van der Waals surface area contributed by atoms with E-state index in [-0.39, 0.29) is 17.2 Å². The van der Waals surface area contributed by atoms with Crippen LogP contribution < -0.4 is 16.1 Å². The van der Waals surface area contributed by atoms with Gasteiger partial charge < -0.3 is 15.6 Å². The van der Waals surface area contributed by atoms with E-state index in [0.29, 0.717) is 0 Å². The van der Waals surface area contributed by atoms with Gasteiger partial charge in [-0.15, -0.1) is 0 Å². The number of alkyl halides is 3. The maximum Gasteiger partial charge on any atom is 0.416 e. The van der Waals surface area contributed by atoms with Crippen LogP contribution in [-0.2, 0) is 11.0 Å². The highest BCUT2D eigenvalue weighted by Crippen LogP contribution is 2.30. The summed E-state index contributed by atoms with van der Waals surface area (Å²) in [6.45, 7) is 0. The molecule has 4 N–H and O–H groups in total. The van der Waals surface area contributed by atoms with Gasteiger partial charge in [-0.05, 0) is 18.2 Å². The predicted octanol–water partition coefficient (Wildman–Crippen LogP) is 1.72. The Hall–Kier alpha value is -3.88. The van der Waals surface area contributed by atoms with Crippen molar-refractivity contribution in [3.8, 4) is 6.07 Å². The Morgan fingerprint density at radius 1 is 1.33 bits per heavy atom. The number of halogens is 3. The predicted molar refractivity (Wildman–Crippen MR) is 88.7 cm³/mol. The number of hydrogen-bond donors (Lipinski definition) is 4. The number of benzene rings is 1. The molecule has 1 aromatic carbocycles. The zero-order chi connectivity index (χ0) is 20.0. The first kappa shape index (κ1) is 19.4. The molecule has 0 spiro atoms. The third-order valence-electron chi connectivity index (χ3n) is 3.14. The summed E-state index contributed by atoms with van der Waals surface area (Å²) in [4.78, 5) is 30.0. The second kappa shape index (κ2) is 8.00. The number of aromatic amines is 1. The molecule has 0 atom stereocenters. The van der Waals surface area contributed by atoms with Crippen molar-refractivity contribution < 1.29 is 22.8 Å². The minimum atomic E-state index is -4.58. The second-order valence-corrected chi connectivity index (χ2v) is 4.92. The second-order valence-electron chi connectivity index (χ2n) is 4.92. The van der Waals surface area contributed by atoms with E-state index in [1.165, 1.54) is 25.5 Å². The molecule has 2 amide bonds. The quantitative estimate of drug-likeness (QED) is 0.463. The lowest BCUT2D eigenvalue weighted by Gasteiger charge is -2.09. The molecule has 0 radical (unpaired) electrons. The van der Waals surface area contributed by atoms with Crippen LogP contribution in [0.25, 0.3) is 0 Å². The van der Waals surface area contributed by atoms with Gasteiger partial charge in [0.15, 0.2) is 5.82 Å². The zero-order valence-electron chi connectivity index (χ0n) is 13.7. The molecule has 0 saturated heterocycles.